The Hall–Kier alpha value is -2.27. The zero-order valence-corrected chi connectivity index (χ0v) is 11.2. The standard InChI is InChI=1S/C14H11ClN2O3/c15-13-10(4-2-6-16-13)14(18)17-7-9-3-1-5-11-12(9)20-8-19-11/h1-6H,7-8H2,(H,17,18). The molecular weight excluding hydrogens is 280 g/mol. The van der Waals surface area contributed by atoms with Crippen molar-refractivity contribution in [2.24, 2.45) is 0 Å². The Morgan fingerprint density at radius 1 is 1.30 bits per heavy atom. The first-order valence-electron chi connectivity index (χ1n) is 6.02. The van der Waals surface area contributed by atoms with Crippen LogP contribution in [0.3, 0.4) is 0 Å². The number of fused-ring (bicyclic) bond motifs is 1. The quantitative estimate of drug-likeness (QED) is 0.882. The third-order valence-electron chi connectivity index (χ3n) is 2.92. The summed E-state index contributed by atoms with van der Waals surface area (Å²) in [5.74, 6) is 1.08. The number of rotatable bonds is 3. The molecule has 1 aromatic carbocycles. The number of hydrogen-bond acceptors (Lipinski definition) is 4. The molecule has 0 aliphatic carbocycles. The molecule has 1 aromatic heterocycles. The molecule has 0 atom stereocenters. The highest BCUT2D eigenvalue weighted by Crippen LogP contribution is 2.35. The Balaban J connectivity index is 1.73. The van der Waals surface area contributed by atoms with Gasteiger partial charge in [0.15, 0.2) is 11.5 Å². The van der Waals surface area contributed by atoms with E-state index in [4.69, 9.17) is 21.1 Å². The Kier molecular flexibility index (Phi) is 3.43. The number of carbonyl (C=O) groups excluding carboxylic acids is 1. The molecule has 0 unspecified atom stereocenters. The number of para-hydroxylation sites is 1. The van der Waals surface area contributed by atoms with Crippen LogP contribution >= 0.6 is 11.6 Å². The molecule has 102 valence electrons. The second-order valence-electron chi connectivity index (χ2n) is 4.18. The second-order valence-corrected chi connectivity index (χ2v) is 4.53. The molecule has 1 amide bonds. The predicted octanol–water partition coefficient (Wildman–Crippen LogP) is 2.39. The van der Waals surface area contributed by atoms with Crippen molar-refractivity contribution in [1.82, 2.24) is 10.3 Å². The van der Waals surface area contributed by atoms with E-state index in [0.717, 1.165) is 5.56 Å². The summed E-state index contributed by atoms with van der Waals surface area (Å²) >= 11 is 5.88. The van der Waals surface area contributed by atoms with Crippen LogP contribution in [0.4, 0.5) is 0 Å². The molecule has 1 aliphatic rings. The highest BCUT2D eigenvalue weighted by molar-refractivity contribution is 6.32. The van der Waals surface area contributed by atoms with Gasteiger partial charge in [-0.1, -0.05) is 23.7 Å². The lowest BCUT2D eigenvalue weighted by atomic mass is 10.2. The average molecular weight is 291 g/mol. The number of carbonyl (C=O) groups is 1. The number of pyridine rings is 1. The number of halogens is 1. The average Bonchev–Trinajstić information content (AvgIpc) is 2.94. The first kappa shape index (κ1) is 12.7. The van der Waals surface area contributed by atoms with E-state index in [0.29, 0.717) is 23.6 Å². The normalized spacial score (nSPS) is 12.2. The van der Waals surface area contributed by atoms with E-state index in [2.05, 4.69) is 10.3 Å². The lowest BCUT2D eigenvalue weighted by molar-refractivity contribution is 0.0950. The van der Waals surface area contributed by atoms with Crippen LogP contribution in [0.5, 0.6) is 11.5 Å². The fourth-order valence-corrected chi connectivity index (χ4v) is 2.16. The van der Waals surface area contributed by atoms with Crippen molar-refractivity contribution in [2.75, 3.05) is 6.79 Å². The summed E-state index contributed by atoms with van der Waals surface area (Å²) in [6, 6.07) is 8.84. The molecule has 2 aromatic rings. The molecule has 3 rings (SSSR count). The second kappa shape index (κ2) is 5.38. The summed E-state index contributed by atoms with van der Waals surface area (Å²) in [6.45, 7) is 0.533. The SMILES string of the molecule is O=C(NCc1cccc2c1OCO2)c1cccnc1Cl. The number of ether oxygens (including phenoxy) is 2. The minimum absolute atomic E-state index is 0.183. The molecule has 0 bridgehead atoms. The van der Waals surface area contributed by atoms with Crippen molar-refractivity contribution in [1.29, 1.82) is 0 Å². The maximum Gasteiger partial charge on any atom is 0.254 e. The first-order chi connectivity index (χ1) is 9.75. The molecule has 1 aliphatic heterocycles. The summed E-state index contributed by atoms with van der Waals surface area (Å²) < 4.78 is 10.7. The Morgan fingerprint density at radius 2 is 2.20 bits per heavy atom. The van der Waals surface area contributed by atoms with E-state index in [1.807, 2.05) is 18.2 Å². The largest absolute Gasteiger partial charge is 0.454 e. The van der Waals surface area contributed by atoms with Crippen molar-refractivity contribution >= 4 is 17.5 Å². The molecule has 5 nitrogen and oxygen atoms in total. The van der Waals surface area contributed by atoms with Crippen LogP contribution in [0.2, 0.25) is 5.15 Å². The van der Waals surface area contributed by atoms with Gasteiger partial charge in [0.25, 0.3) is 5.91 Å². The van der Waals surface area contributed by atoms with Gasteiger partial charge in [-0.3, -0.25) is 4.79 Å². The Morgan fingerprint density at radius 3 is 3.05 bits per heavy atom. The number of hydrogen-bond donors (Lipinski definition) is 1. The maximum atomic E-state index is 12.0. The molecular formula is C14H11ClN2O3. The van der Waals surface area contributed by atoms with Gasteiger partial charge in [0, 0.05) is 18.3 Å². The van der Waals surface area contributed by atoms with Crippen LogP contribution in [0.1, 0.15) is 15.9 Å². The molecule has 0 saturated carbocycles. The van der Waals surface area contributed by atoms with Gasteiger partial charge in [0.1, 0.15) is 5.15 Å². The maximum absolute atomic E-state index is 12.0. The Bertz CT molecular complexity index is 661. The molecule has 2 heterocycles. The van der Waals surface area contributed by atoms with E-state index in [1.54, 1.807) is 12.1 Å². The molecule has 6 heteroatoms. The van der Waals surface area contributed by atoms with E-state index < -0.39 is 0 Å². The fraction of sp³-hybridized carbons (Fsp3) is 0.143. The molecule has 0 spiro atoms. The monoisotopic (exact) mass is 290 g/mol. The molecule has 0 radical (unpaired) electrons. The van der Waals surface area contributed by atoms with E-state index in [-0.39, 0.29) is 17.9 Å². The van der Waals surface area contributed by atoms with Gasteiger partial charge in [-0.2, -0.15) is 0 Å². The highest BCUT2D eigenvalue weighted by Gasteiger charge is 2.18. The van der Waals surface area contributed by atoms with Crippen LogP contribution in [0, 0.1) is 0 Å². The van der Waals surface area contributed by atoms with Gasteiger partial charge in [0.05, 0.1) is 5.56 Å². The van der Waals surface area contributed by atoms with E-state index >= 15 is 0 Å². The van der Waals surface area contributed by atoms with Crippen LogP contribution in [0.15, 0.2) is 36.5 Å². The third kappa shape index (κ3) is 2.40. The van der Waals surface area contributed by atoms with Crippen molar-refractivity contribution in [3.63, 3.8) is 0 Å². The first-order valence-corrected chi connectivity index (χ1v) is 6.39. The number of benzene rings is 1. The van der Waals surface area contributed by atoms with Gasteiger partial charge >= 0.3 is 0 Å². The van der Waals surface area contributed by atoms with Crippen LogP contribution in [-0.2, 0) is 6.54 Å². The van der Waals surface area contributed by atoms with Gasteiger partial charge in [0.2, 0.25) is 6.79 Å². The lowest BCUT2D eigenvalue weighted by Gasteiger charge is -2.08. The lowest BCUT2D eigenvalue weighted by Crippen LogP contribution is -2.23. The van der Waals surface area contributed by atoms with Gasteiger partial charge in [-0.25, -0.2) is 4.98 Å². The van der Waals surface area contributed by atoms with E-state index in [9.17, 15) is 4.79 Å². The van der Waals surface area contributed by atoms with Crippen LogP contribution in [-0.4, -0.2) is 17.7 Å². The van der Waals surface area contributed by atoms with Crippen LogP contribution in [0.25, 0.3) is 0 Å². The molecule has 0 fully saturated rings. The Labute approximate surface area is 120 Å². The minimum Gasteiger partial charge on any atom is -0.454 e. The topological polar surface area (TPSA) is 60.5 Å². The van der Waals surface area contributed by atoms with Gasteiger partial charge in [-0.15, -0.1) is 0 Å². The number of nitrogens with one attached hydrogen (secondary N) is 1. The summed E-state index contributed by atoms with van der Waals surface area (Å²) in [4.78, 5) is 15.9. The predicted molar refractivity (Wildman–Crippen MR) is 73.0 cm³/mol. The van der Waals surface area contributed by atoms with Gasteiger partial charge in [-0.05, 0) is 18.2 Å². The number of aromatic nitrogens is 1. The van der Waals surface area contributed by atoms with Crippen molar-refractivity contribution < 1.29 is 14.3 Å². The van der Waals surface area contributed by atoms with Crippen molar-refractivity contribution in [3.8, 4) is 11.5 Å². The zero-order valence-electron chi connectivity index (χ0n) is 10.4. The fourth-order valence-electron chi connectivity index (χ4n) is 1.96. The minimum atomic E-state index is -0.278. The van der Waals surface area contributed by atoms with Crippen molar-refractivity contribution in [2.45, 2.75) is 6.54 Å². The highest BCUT2D eigenvalue weighted by atomic mass is 35.5. The number of nitrogens with zero attached hydrogens (tertiary/aromatic N) is 1. The molecule has 20 heavy (non-hydrogen) atoms. The summed E-state index contributed by atoms with van der Waals surface area (Å²) in [6.07, 6.45) is 1.54. The summed E-state index contributed by atoms with van der Waals surface area (Å²) in [5.41, 5.74) is 1.20. The summed E-state index contributed by atoms with van der Waals surface area (Å²) in [7, 11) is 0. The summed E-state index contributed by atoms with van der Waals surface area (Å²) in [5, 5.41) is 2.97. The molecule has 0 saturated heterocycles. The smallest absolute Gasteiger partial charge is 0.254 e. The zero-order chi connectivity index (χ0) is 13.9. The molecule has 1 N–H and O–H groups in total. The third-order valence-corrected chi connectivity index (χ3v) is 3.22. The van der Waals surface area contributed by atoms with E-state index in [1.165, 1.54) is 6.20 Å². The number of amides is 1. The van der Waals surface area contributed by atoms with Crippen LogP contribution < -0.4 is 14.8 Å². The van der Waals surface area contributed by atoms with Gasteiger partial charge < -0.3 is 14.8 Å². The van der Waals surface area contributed by atoms with Crippen molar-refractivity contribution in [3.05, 3.63) is 52.8 Å².